The zero-order valence-corrected chi connectivity index (χ0v) is 18.2. The Morgan fingerprint density at radius 1 is 1.00 bits per heavy atom. The summed E-state index contributed by atoms with van der Waals surface area (Å²) >= 11 is 11.3. The Morgan fingerprint density at radius 3 is 2.57 bits per heavy atom. The molecule has 0 atom stereocenters. The van der Waals surface area contributed by atoms with E-state index < -0.39 is 0 Å². The quantitative estimate of drug-likeness (QED) is 0.221. The molecule has 4 aromatic rings. The first-order valence-electron chi connectivity index (χ1n) is 8.90. The highest BCUT2D eigenvalue weighted by molar-refractivity contribution is 9.10. The maximum Gasteiger partial charge on any atom is 0.169 e. The summed E-state index contributed by atoms with van der Waals surface area (Å²) in [6, 6.07) is 24.2. The van der Waals surface area contributed by atoms with E-state index in [1.807, 2.05) is 48.5 Å². The van der Waals surface area contributed by atoms with Gasteiger partial charge >= 0.3 is 0 Å². The lowest BCUT2D eigenvalue weighted by Gasteiger charge is -2.10. The SMILES string of the molecule is Clc1ccc2c(c1)nc(SCCOc1ccc(Br)cc1)n2Cc1ccccc1. The van der Waals surface area contributed by atoms with Gasteiger partial charge in [0.25, 0.3) is 0 Å². The molecule has 0 bridgehead atoms. The molecule has 0 fully saturated rings. The molecule has 3 nitrogen and oxygen atoms in total. The first kappa shape index (κ1) is 19.4. The van der Waals surface area contributed by atoms with Gasteiger partial charge < -0.3 is 9.30 Å². The van der Waals surface area contributed by atoms with Crippen LogP contribution in [-0.2, 0) is 6.54 Å². The molecule has 0 aliphatic rings. The van der Waals surface area contributed by atoms with Gasteiger partial charge in [-0.3, -0.25) is 0 Å². The minimum absolute atomic E-state index is 0.613. The van der Waals surface area contributed by atoms with Gasteiger partial charge in [-0.05, 0) is 48.0 Å². The smallest absolute Gasteiger partial charge is 0.169 e. The molecule has 4 rings (SSSR count). The van der Waals surface area contributed by atoms with Crippen molar-refractivity contribution in [3.05, 3.63) is 87.9 Å². The standard InChI is InChI=1S/C22H18BrClN2OS/c23-17-6-9-19(10-7-17)27-12-13-28-22-25-20-14-18(24)8-11-21(20)26(22)15-16-4-2-1-3-5-16/h1-11,14H,12-13,15H2. The van der Waals surface area contributed by atoms with E-state index in [0.29, 0.717) is 11.6 Å². The Morgan fingerprint density at radius 2 is 1.79 bits per heavy atom. The second-order valence-corrected chi connectivity index (χ2v) is 8.66. The molecule has 1 aromatic heterocycles. The third kappa shape index (κ3) is 4.72. The number of hydrogen-bond donors (Lipinski definition) is 0. The van der Waals surface area contributed by atoms with Crippen molar-refractivity contribution in [2.45, 2.75) is 11.7 Å². The maximum atomic E-state index is 6.17. The minimum atomic E-state index is 0.613. The predicted molar refractivity (Wildman–Crippen MR) is 121 cm³/mol. The van der Waals surface area contributed by atoms with Crippen molar-refractivity contribution in [3.8, 4) is 5.75 Å². The molecule has 0 radical (unpaired) electrons. The molecule has 28 heavy (non-hydrogen) atoms. The Kier molecular flexibility index (Phi) is 6.25. The fourth-order valence-corrected chi connectivity index (χ4v) is 4.19. The van der Waals surface area contributed by atoms with Gasteiger partial charge in [0.15, 0.2) is 5.16 Å². The molecule has 6 heteroatoms. The highest BCUT2D eigenvalue weighted by Gasteiger charge is 2.12. The van der Waals surface area contributed by atoms with E-state index in [0.717, 1.165) is 38.7 Å². The van der Waals surface area contributed by atoms with Gasteiger partial charge in [0.05, 0.1) is 24.2 Å². The molecule has 0 saturated heterocycles. The number of nitrogens with zero attached hydrogens (tertiary/aromatic N) is 2. The highest BCUT2D eigenvalue weighted by Crippen LogP contribution is 2.27. The van der Waals surface area contributed by atoms with Gasteiger partial charge in [-0.15, -0.1) is 0 Å². The molecule has 3 aromatic carbocycles. The van der Waals surface area contributed by atoms with Gasteiger partial charge in [0.2, 0.25) is 0 Å². The van der Waals surface area contributed by atoms with Crippen LogP contribution in [0.15, 0.2) is 82.4 Å². The van der Waals surface area contributed by atoms with Gasteiger partial charge in [0.1, 0.15) is 5.75 Å². The number of aromatic nitrogens is 2. The van der Waals surface area contributed by atoms with Crippen LogP contribution in [0.3, 0.4) is 0 Å². The van der Waals surface area contributed by atoms with Crippen LogP contribution in [0.2, 0.25) is 5.02 Å². The molecular formula is C22H18BrClN2OS. The summed E-state index contributed by atoms with van der Waals surface area (Å²) in [5, 5.41) is 1.67. The van der Waals surface area contributed by atoms with Crippen molar-refractivity contribution in [1.82, 2.24) is 9.55 Å². The van der Waals surface area contributed by atoms with Gasteiger partial charge in [-0.25, -0.2) is 4.98 Å². The number of rotatable bonds is 7. The highest BCUT2D eigenvalue weighted by atomic mass is 79.9. The van der Waals surface area contributed by atoms with Crippen LogP contribution >= 0.6 is 39.3 Å². The van der Waals surface area contributed by atoms with E-state index >= 15 is 0 Å². The van der Waals surface area contributed by atoms with Crippen molar-refractivity contribution in [1.29, 1.82) is 0 Å². The molecule has 0 N–H and O–H groups in total. The van der Waals surface area contributed by atoms with Crippen LogP contribution in [-0.4, -0.2) is 21.9 Å². The Bertz CT molecular complexity index is 1070. The molecular weight excluding hydrogens is 456 g/mol. The fraction of sp³-hybridized carbons (Fsp3) is 0.136. The number of fused-ring (bicyclic) bond motifs is 1. The van der Waals surface area contributed by atoms with Crippen LogP contribution < -0.4 is 4.74 Å². The molecule has 0 spiro atoms. The summed E-state index contributed by atoms with van der Waals surface area (Å²) in [6.45, 7) is 1.39. The maximum absolute atomic E-state index is 6.17. The summed E-state index contributed by atoms with van der Waals surface area (Å²) in [5.74, 6) is 1.68. The summed E-state index contributed by atoms with van der Waals surface area (Å²) in [7, 11) is 0. The summed E-state index contributed by atoms with van der Waals surface area (Å²) in [6.07, 6.45) is 0. The predicted octanol–water partition coefficient (Wildman–Crippen LogP) is 6.67. The number of imidazole rings is 1. The van der Waals surface area contributed by atoms with Gasteiger partial charge in [0, 0.05) is 15.2 Å². The lowest BCUT2D eigenvalue weighted by molar-refractivity contribution is 0.344. The fourth-order valence-electron chi connectivity index (χ4n) is 2.93. The first-order valence-corrected chi connectivity index (χ1v) is 11.1. The summed E-state index contributed by atoms with van der Waals surface area (Å²) < 4.78 is 9.12. The molecule has 0 amide bonds. The first-order chi connectivity index (χ1) is 13.7. The van der Waals surface area contributed by atoms with Crippen molar-refractivity contribution in [3.63, 3.8) is 0 Å². The molecule has 0 aliphatic heterocycles. The minimum Gasteiger partial charge on any atom is -0.493 e. The number of thioether (sulfide) groups is 1. The van der Waals surface area contributed by atoms with E-state index in [4.69, 9.17) is 21.3 Å². The lowest BCUT2D eigenvalue weighted by Crippen LogP contribution is -2.04. The number of hydrogen-bond acceptors (Lipinski definition) is 3. The van der Waals surface area contributed by atoms with Crippen molar-refractivity contribution < 1.29 is 4.74 Å². The summed E-state index contributed by atoms with van der Waals surface area (Å²) in [4.78, 5) is 4.81. The monoisotopic (exact) mass is 472 g/mol. The van der Waals surface area contributed by atoms with E-state index in [9.17, 15) is 0 Å². The Balaban J connectivity index is 1.50. The van der Waals surface area contributed by atoms with Gasteiger partial charge in [-0.2, -0.15) is 0 Å². The van der Waals surface area contributed by atoms with Crippen LogP contribution in [0.5, 0.6) is 5.75 Å². The van der Waals surface area contributed by atoms with Crippen LogP contribution in [0.25, 0.3) is 11.0 Å². The normalized spacial score (nSPS) is 11.1. The van der Waals surface area contributed by atoms with Crippen molar-refractivity contribution >= 4 is 50.3 Å². The largest absolute Gasteiger partial charge is 0.493 e. The average Bonchev–Trinajstić information content (AvgIpc) is 3.04. The van der Waals surface area contributed by atoms with E-state index in [-0.39, 0.29) is 0 Å². The second kappa shape index (κ2) is 9.03. The van der Waals surface area contributed by atoms with Crippen LogP contribution in [0, 0.1) is 0 Å². The molecule has 142 valence electrons. The lowest BCUT2D eigenvalue weighted by atomic mass is 10.2. The van der Waals surface area contributed by atoms with E-state index in [2.05, 4.69) is 44.8 Å². The zero-order valence-electron chi connectivity index (χ0n) is 15.0. The van der Waals surface area contributed by atoms with Crippen LogP contribution in [0.4, 0.5) is 0 Å². The average molecular weight is 474 g/mol. The zero-order chi connectivity index (χ0) is 19.3. The molecule has 0 unspecified atom stereocenters. The van der Waals surface area contributed by atoms with Crippen molar-refractivity contribution in [2.75, 3.05) is 12.4 Å². The topological polar surface area (TPSA) is 27.1 Å². The Labute approximate surface area is 181 Å². The number of benzene rings is 3. The Hall–Kier alpha value is -1.95. The molecule has 0 saturated carbocycles. The number of halogens is 2. The third-order valence-electron chi connectivity index (χ3n) is 4.26. The van der Waals surface area contributed by atoms with Gasteiger partial charge in [-0.1, -0.05) is 69.6 Å². The second-order valence-electron chi connectivity index (χ2n) is 6.25. The molecule has 1 heterocycles. The molecule has 0 aliphatic carbocycles. The summed E-state index contributed by atoms with van der Waals surface area (Å²) in [5.41, 5.74) is 3.24. The third-order valence-corrected chi connectivity index (χ3v) is 5.96. The number of ether oxygens (including phenoxy) is 1. The van der Waals surface area contributed by atoms with Crippen LogP contribution in [0.1, 0.15) is 5.56 Å². The van der Waals surface area contributed by atoms with E-state index in [1.54, 1.807) is 11.8 Å². The van der Waals surface area contributed by atoms with E-state index in [1.165, 1.54) is 5.56 Å². The van der Waals surface area contributed by atoms with Crippen molar-refractivity contribution in [2.24, 2.45) is 0 Å².